The molecule has 3 rings (SSSR count). The Morgan fingerprint density at radius 3 is 2.71 bits per heavy atom. The highest BCUT2D eigenvalue weighted by Gasteiger charge is 2.18. The number of hydrogen-bond acceptors (Lipinski definition) is 3. The summed E-state index contributed by atoms with van der Waals surface area (Å²) in [6.45, 7) is 10.6. The average Bonchev–Trinajstić information content (AvgIpc) is 3.14. The van der Waals surface area contributed by atoms with Gasteiger partial charge in [-0.1, -0.05) is 6.92 Å². The van der Waals surface area contributed by atoms with E-state index in [9.17, 15) is 0 Å². The highest BCUT2D eigenvalue weighted by Crippen LogP contribution is 2.19. The van der Waals surface area contributed by atoms with E-state index in [0.717, 1.165) is 57.0 Å². The number of aromatic nitrogens is 1. The Kier molecular flexibility index (Phi) is 5.94. The van der Waals surface area contributed by atoms with E-state index >= 15 is 0 Å². The molecule has 5 nitrogen and oxygen atoms in total. The van der Waals surface area contributed by atoms with Crippen molar-refractivity contribution in [2.45, 2.75) is 46.1 Å². The maximum Gasteiger partial charge on any atom is 0.194 e. The van der Waals surface area contributed by atoms with E-state index in [1.165, 1.54) is 31.2 Å². The molecule has 3 heterocycles. The van der Waals surface area contributed by atoms with Gasteiger partial charge in [0.05, 0.1) is 6.54 Å². The van der Waals surface area contributed by atoms with Gasteiger partial charge >= 0.3 is 0 Å². The minimum atomic E-state index is 0.720. The molecule has 2 aliphatic rings. The first-order valence-electron chi connectivity index (χ1n) is 9.49. The van der Waals surface area contributed by atoms with Gasteiger partial charge in [0.2, 0.25) is 0 Å². The summed E-state index contributed by atoms with van der Waals surface area (Å²) in [5, 5.41) is 3.46. The van der Waals surface area contributed by atoms with E-state index in [0.29, 0.717) is 0 Å². The normalized spacial score (nSPS) is 19.8. The standard InChI is InChI=1S/C19H31N5/c1-3-20-19(24-12-7-16(2)8-13-24)22-15-17-6-9-21-18(14-17)23-10-4-5-11-23/h6,9,14,16H,3-5,7-8,10-13,15H2,1-2H3,(H,20,22). The van der Waals surface area contributed by atoms with Crippen LogP contribution < -0.4 is 10.2 Å². The van der Waals surface area contributed by atoms with Crippen LogP contribution in [0.4, 0.5) is 5.82 Å². The number of nitrogens with zero attached hydrogens (tertiary/aromatic N) is 4. The van der Waals surface area contributed by atoms with Crippen LogP contribution in [0.3, 0.4) is 0 Å². The molecule has 0 amide bonds. The van der Waals surface area contributed by atoms with E-state index in [4.69, 9.17) is 4.99 Å². The molecule has 0 saturated carbocycles. The predicted octanol–water partition coefficient (Wildman–Crippen LogP) is 2.88. The van der Waals surface area contributed by atoms with E-state index in [-0.39, 0.29) is 0 Å². The molecule has 0 unspecified atom stereocenters. The number of anilines is 1. The van der Waals surface area contributed by atoms with Crippen molar-refractivity contribution in [1.29, 1.82) is 0 Å². The Labute approximate surface area is 146 Å². The molecule has 132 valence electrons. The largest absolute Gasteiger partial charge is 0.357 e. The number of pyridine rings is 1. The predicted molar refractivity (Wildman–Crippen MR) is 100 cm³/mol. The van der Waals surface area contributed by atoms with Crippen LogP contribution in [0, 0.1) is 5.92 Å². The first kappa shape index (κ1) is 17.1. The van der Waals surface area contributed by atoms with Crippen LogP contribution in [-0.4, -0.2) is 48.6 Å². The molecule has 0 atom stereocenters. The SMILES string of the molecule is CCNC(=NCc1ccnc(N2CCCC2)c1)N1CCC(C)CC1. The monoisotopic (exact) mass is 329 g/mol. The molecular weight excluding hydrogens is 298 g/mol. The average molecular weight is 329 g/mol. The van der Waals surface area contributed by atoms with E-state index < -0.39 is 0 Å². The molecular formula is C19H31N5. The molecule has 1 aromatic rings. The summed E-state index contributed by atoms with van der Waals surface area (Å²) in [6, 6.07) is 4.29. The number of guanidine groups is 1. The van der Waals surface area contributed by atoms with Crippen molar-refractivity contribution in [3.05, 3.63) is 23.9 Å². The lowest BCUT2D eigenvalue weighted by Gasteiger charge is -2.33. The fourth-order valence-corrected chi connectivity index (χ4v) is 3.49. The van der Waals surface area contributed by atoms with Crippen molar-refractivity contribution in [3.8, 4) is 0 Å². The Morgan fingerprint density at radius 1 is 1.25 bits per heavy atom. The molecule has 2 saturated heterocycles. The molecule has 5 heteroatoms. The summed E-state index contributed by atoms with van der Waals surface area (Å²) in [5.41, 5.74) is 1.24. The zero-order valence-corrected chi connectivity index (χ0v) is 15.2. The fourth-order valence-electron chi connectivity index (χ4n) is 3.49. The van der Waals surface area contributed by atoms with Gasteiger partial charge < -0.3 is 15.1 Å². The van der Waals surface area contributed by atoms with Crippen molar-refractivity contribution in [3.63, 3.8) is 0 Å². The second-order valence-electron chi connectivity index (χ2n) is 7.06. The van der Waals surface area contributed by atoms with Crippen molar-refractivity contribution >= 4 is 11.8 Å². The van der Waals surface area contributed by atoms with Crippen LogP contribution in [0.2, 0.25) is 0 Å². The van der Waals surface area contributed by atoms with Crippen molar-refractivity contribution in [2.24, 2.45) is 10.9 Å². The minimum absolute atomic E-state index is 0.720. The van der Waals surface area contributed by atoms with Gasteiger partial charge in [-0.15, -0.1) is 0 Å². The van der Waals surface area contributed by atoms with Crippen molar-refractivity contribution in [1.82, 2.24) is 15.2 Å². The molecule has 0 aromatic carbocycles. The van der Waals surface area contributed by atoms with E-state index in [2.05, 4.69) is 46.1 Å². The maximum atomic E-state index is 4.89. The Hall–Kier alpha value is -1.78. The molecule has 2 fully saturated rings. The first-order valence-corrected chi connectivity index (χ1v) is 9.49. The summed E-state index contributed by atoms with van der Waals surface area (Å²) in [6.07, 6.45) is 7.01. The van der Waals surface area contributed by atoms with Gasteiger partial charge in [-0.05, 0) is 56.2 Å². The van der Waals surface area contributed by atoms with Gasteiger partial charge in [-0.3, -0.25) is 0 Å². The lowest BCUT2D eigenvalue weighted by atomic mass is 10.00. The first-order chi connectivity index (χ1) is 11.8. The Morgan fingerprint density at radius 2 is 2.00 bits per heavy atom. The fraction of sp³-hybridized carbons (Fsp3) is 0.684. The topological polar surface area (TPSA) is 43.8 Å². The number of nitrogens with one attached hydrogen (secondary N) is 1. The van der Waals surface area contributed by atoms with Crippen LogP contribution in [0.5, 0.6) is 0 Å². The number of aliphatic imine (C=N–C) groups is 1. The van der Waals surface area contributed by atoms with Gasteiger partial charge in [0.1, 0.15) is 5.82 Å². The lowest BCUT2D eigenvalue weighted by molar-refractivity contribution is 0.273. The number of rotatable bonds is 4. The summed E-state index contributed by atoms with van der Waals surface area (Å²) < 4.78 is 0. The smallest absolute Gasteiger partial charge is 0.194 e. The third-order valence-corrected chi connectivity index (χ3v) is 5.07. The summed E-state index contributed by atoms with van der Waals surface area (Å²) in [4.78, 5) is 14.2. The zero-order valence-electron chi connectivity index (χ0n) is 15.2. The molecule has 24 heavy (non-hydrogen) atoms. The lowest BCUT2D eigenvalue weighted by Crippen LogP contribution is -2.45. The summed E-state index contributed by atoms with van der Waals surface area (Å²) in [5.74, 6) is 3.01. The summed E-state index contributed by atoms with van der Waals surface area (Å²) >= 11 is 0. The highest BCUT2D eigenvalue weighted by atomic mass is 15.3. The van der Waals surface area contributed by atoms with Gasteiger partial charge in [0.15, 0.2) is 5.96 Å². The molecule has 1 aromatic heterocycles. The van der Waals surface area contributed by atoms with Gasteiger partial charge in [-0.2, -0.15) is 0 Å². The van der Waals surface area contributed by atoms with Crippen molar-refractivity contribution < 1.29 is 0 Å². The van der Waals surface area contributed by atoms with Crippen LogP contribution in [0.25, 0.3) is 0 Å². The quantitative estimate of drug-likeness (QED) is 0.681. The second-order valence-corrected chi connectivity index (χ2v) is 7.06. The van der Waals surface area contributed by atoms with Crippen LogP contribution in [-0.2, 0) is 6.54 Å². The van der Waals surface area contributed by atoms with E-state index in [1.807, 2.05) is 6.20 Å². The number of likely N-dealkylation sites (tertiary alicyclic amines) is 1. The number of hydrogen-bond donors (Lipinski definition) is 1. The van der Waals surface area contributed by atoms with Gasteiger partial charge in [0, 0.05) is 38.9 Å². The van der Waals surface area contributed by atoms with Gasteiger partial charge in [0.25, 0.3) is 0 Å². The number of piperidine rings is 1. The zero-order chi connectivity index (χ0) is 16.8. The van der Waals surface area contributed by atoms with Crippen LogP contribution in [0.1, 0.15) is 45.1 Å². The summed E-state index contributed by atoms with van der Waals surface area (Å²) in [7, 11) is 0. The van der Waals surface area contributed by atoms with Gasteiger partial charge in [-0.25, -0.2) is 9.98 Å². The second kappa shape index (κ2) is 8.36. The van der Waals surface area contributed by atoms with Crippen LogP contribution in [0.15, 0.2) is 23.3 Å². The van der Waals surface area contributed by atoms with E-state index in [1.54, 1.807) is 0 Å². The Balaban J connectivity index is 1.66. The Bertz CT molecular complexity index is 542. The van der Waals surface area contributed by atoms with Crippen LogP contribution >= 0.6 is 0 Å². The molecule has 0 aliphatic carbocycles. The third-order valence-electron chi connectivity index (χ3n) is 5.07. The molecule has 0 bridgehead atoms. The molecule has 2 aliphatic heterocycles. The highest BCUT2D eigenvalue weighted by molar-refractivity contribution is 5.80. The minimum Gasteiger partial charge on any atom is -0.357 e. The molecule has 0 radical (unpaired) electrons. The maximum absolute atomic E-state index is 4.89. The molecule has 0 spiro atoms. The third kappa shape index (κ3) is 4.40. The molecule has 1 N–H and O–H groups in total. The van der Waals surface area contributed by atoms with Crippen molar-refractivity contribution in [2.75, 3.05) is 37.6 Å².